The minimum atomic E-state index is -0.487. The Labute approximate surface area is 125 Å². The third kappa shape index (κ3) is 3.54. The smallest absolute Gasteiger partial charge is 0.228 e. The number of carbonyl (C=O) groups excluding carboxylic acids is 1. The molecule has 0 aliphatic carbocycles. The first-order chi connectivity index (χ1) is 10.1. The van der Waals surface area contributed by atoms with Crippen LogP contribution >= 0.6 is 0 Å². The van der Waals surface area contributed by atoms with Gasteiger partial charge in [-0.25, -0.2) is 0 Å². The van der Waals surface area contributed by atoms with Crippen LogP contribution in [-0.4, -0.2) is 32.8 Å². The summed E-state index contributed by atoms with van der Waals surface area (Å²) in [6, 6.07) is 7.65. The molecule has 1 heterocycles. The lowest BCUT2D eigenvalue weighted by Crippen LogP contribution is -2.49. The van der Waals surface area contributed by atoms with E-state index in [0.717, 1.165) is 11.3 Å². The molecular formula is C16H24N2O3. The van der Waals surface area contributed by atoms with Crippen LogP contribution in [0.4, 0.5) is 0 Å². The number of hydrogen-bond acceptors (Lipinski definition) is 4. The zero-order chi connectivity index (χ0) is 15.3. The quantitative estimate of drug-likeness (QED) is 0.865. The van der Waals surface area contributed by atoms with Crippen LogP contribution in [-0.2, 0) is 9.53 Å². The molecule has 1 atom stereocenters. The van der Waals surface area contributed by atoms with Gasteiger partial charge in [0.2, 0.25) is 5.91 Å². The Morgan fingerprint density at radius 2 is 2.00 bits per heavy atom. The van der Waals surface area contributed by atoms with E-state index in [1.165, 1.54) is 0 Å². The number of methoxy groups -OCH3 is 1. The number of carbonyl (C=O) groups is 1. The van der Waals surface area contributed by atoms with Crippen LogP contribution in [0.3, 0.4) is 0 Å². The lowest BCUT2D eigenvalue weighted by Gasteiger charge is -2.35. The Morgan fingerprint density at radius 3 is 2.52 bits per heavy atom. The maximum Gasteiger partial charge on any atom is 0.228 e. The first-order valence-electron chi connectivity index (χ1n) is 7.34. The summed E-state index contributed by atoms with van der Waals surface area (Å²) in [7, 11) is 1.64. The van der Waals surface area contributed by atoms with Crippen molar-refractivity contribution in [3.05, 3.63) is 29.8 Å². The average molecular weight is 292 g/mol. The molecule has 0 saturated carbocycles. The first-order valence-corrected chi connectivity index (χ1v) is 7.34. The monoisotopic (exact) mass is 292 g/mol. The molecule has 3 N–H and O–H groups in total. The fourth-order valence-electron chi connectivity index (χ4n) is 2.61. The van der Waals surface area contributed by atoms with Crippen LogP contribution in [0.15, 0.2) is 24.3 Å². The second kappa shape index (κ2) is 6.91. The summed E-state index contributed by atoms with van der Waals surface area (Å²) in [4.78, 5) is 12.6. The molecule has 0 bridgehead atoms. The molecule has 0 radical (unpaired) electrons. The number of nitrogens with one attached hydrogen (secondary N) is 1. The molecule has 1 aliphatic heterocycles. The summed E-state index contributed by atoms with van der Waals surface area (Å²) >= 11 is 0. The fraction of sp³-hybridized carbons (Fsp3) is 0.562. The number of rotatable bonds is 5. The van der Waals surface area contributed by atoms with Gasteiger partial charge in [0.05, 0.1) is 18.6 Å². The number of ether oxygens (including phenoxy) is 2. The van der Waals surface area contributed by atoms with Crippen molar-refractivity contribution in [3.63, 3.8) is 0 Å². The van der Waals surface area contributed by atoms with Gasteiger partial charge < -0.3 is 20.5 Å². The maximum absolute atomic E-state index is 12.6. The lowest BCUT2D eigenvalue weighted by atomic mass is 9.79. The van der Waals surface area contributed by atoms with E-state index in [9.17, 15) is 4.79 Å². The molecular weight excluding hydrogens is 268 g/mol. The van der Waals surface area contributed by atoms with Crippen LogP contribution in [0.25, 0.3) is 0 Å². The molecule has 1 aromatic carbocycles. The van der Waals surface area contributed by atoms with E-state index in [1.54, 1.807) is 7.11 Å². The molecule has 0 spiro atoms. The highest BCUT2D eigenvalue weighted by Gasteiger charge is 2.39. The van der Waals surface area contributed by atoms with Crippen molar-refractivity contribution < 1.29 is 14.3 Å². The average Bonchev–Trinajstić information content (AvgIpc) is 2.55. The summed E-state index contributed by atoms with van der Waals surface area (Å²) < 4.78 is 10.5. The van der Waals surface area contributed by atoms with Gasteiger partial charge in [-0.05, 0) is 37.5 Å². The third-order valence-corrected chi connectivity index (χ3v) is 4.29. The third-order valence-electron chi connectivity index (χ3n) is 4.29. The van der Waals surface area contributed by atoms with Gasteiger partial charge in [0, 0.05) is 19.8 Å². The van der Waals surface area contributed by atoms with E-state index >= 15 is 0 Å². The number of benzene rings is 1. The fourth-order valence-corrected chi connectivity index (χ4v) is 2.61. The van der Waals surface area contributed by atoms with E-state index in [4.69, 9.17) is 15.2 Å². The van der Waals surface area contributed by atoms with E-state index in [1.807, 2.05) is 31.2 Å². The van der Waals surface area contributed by atoms with Gasteiger partial charge in [-0.1, -0.05) is 12.1 Å². The number of nitrogens with two attached hydrogens (primary N) is 1. The van der Waals surface area contributed by atoms with Crippen molar-refractivity contribution in [1.82, 2.24) is 5.32 Å². The van der Waals surface area contributed by atoms with Crippen LogP contribution < -0.4 is 15.8 Å². The molecule has 1 aromatic rings. The van der Waals surface area contributed by atoms with Crippen molar-refractivity contribution in [2.45, 2.75) is 25.8 Å². The van der Waals surface area contributed by atoms with E-state index in [-0.39, 0.29) is 11.9 Å². The van der Waals surface area contributed by atoms with Gasteiger partial charge in [-0.2, -0.15) is 0 Å². The van der Waals surface area contributed by atoms with Crippen LogP contribution in [0, 0.1) is 5.41 Å². The largest absolute Gasteiger partial charge is 0.497 e. The van der Waals surface area contributed by atoms with Gasteiger partial charge in [0.15, 0.2) is 0 Å². The van der Waals surface area contributed by atoms with Gasteiger partial charge in [0.1, 0.15) is 5.75 Å². The Morgan fingerprint density at radius 1 is 1.38 bits per heavy atom. The second-order valence-electron chi connectivity index (χ2n) is 5.57. The van der Waals surface area contributed by atoms with E-state index in [0.29, 0.717) is 32.6 Å². The Balaban J connectivity index is 2.03. The molecule has 1 aliphatic rings. The maximum atomic E-state index is 12.6. The van der Waals surface area contributed by atoms with Crippen molar-refractivity contribution in [1.29, 1.82) is 0 Å². The van der Waals surface area contributed by atoms with Gasteiger partial charge >= 0.3 is 0 Å². The van der Waals surface area contributed by atoms with E-state index < -0.39 is 5.41 Å². The highest BCUT2D eigenvalue weighted by molar-refractivity contribution is 5.83. The highest BCUT2D eigenvalue weighted by Crippen LogP contribution is 2.30. The Kier molecular flexibility index (Phi) is 5.20. The SMILES string of the molecule is COc1ccc([C@@H](C)NC(=O)C2(CN)CCOCC2)cc1. The standard InChI is InChI=1S/C16H24N2O3/c1-12(13-3-5-14(20-2)6-4-13)18-15(19)16(11-17)7-9-21-10-8-16/h3-6,12H,7-11,17H2,1-2H3,(H,18,19)/t12-/m1/s1. The molecule has 1 fully saturated rings. The van der Waals surface area contributed by atoms with Crippen molar-refractivity contribution in [3.8, 4) is 5.75 Å². The summed E-state index contributed by atoms with van der Waals surface area (Å²) in [5, 5.41) is 3.08. The zero-order valence-corrected chi connectivity index (χ0v) is 12.7. The van der Waals surface area contributed by atoms with Crippen LogP contribution in [0.2, 0.25) is 0 Å². The van der Waals surface area contributed by atoms with Crippen LogP contribution in [0.1, 0.15) is 31.4 Å². The predicted molar refractivity (Wildman–Crippen MR) is 81.1 cm³/mol. The molecule has 5 nitrogen and oxygen atoms in total. The number of hydrogen-bond donors (Lipinski definition) is 2. The first kappa shape index (κ1) is 15.8. The van der Waals surface area contributed by atoms with Gasteiger partial charge in [-0.3, -0.25) is 4.79 Å². The number of amides is 1. The topological polar surface area (TPSA) is 73.6 Å². The van der Waals surface area contributed by atoms with Gasteiger partial charge in [0.25, 0.3) is 0 Å². The predicted octanol–water partition coefficient (Wildman–Crippen LogP) is 1.63. The Hall–Kier alpha value is -1.59. The summed E-state index contributed by atoms with van der Waals surface area (Å²) in [6.45, 7) is 3.53. The minimum absolute atomic E-state index is 0.0246. The normalized spacial score (nSPS) is 18.8. The molecule has 2 rings (SSSR count). The molecule has 116 valence electrons. The Bertz CT molecular complexity index is 467. The van der Waals surface area contributed by atoms with Crippen molar-refractivity contribution in [2.24, 2.45) is 11.1 Å². The molecule has 5 heteroatoms. The second-order valence-corrected chi connectivity index (χ2v) is 5.57. The van der Waals surface area contributed by atoms with Gasteiger partial charge in [-0.15, -0.1) is 0 Å². The molecule has 1 amide bonds. The molecule has 1 saturated heterocycles. The van der Waals surface area contributed by atoms with Crippen LogP contribution in [0.5, 0.6) is 5.75 Å². The molecule has 0 unspecified atom stereocenters. The minimum Gasteiger partial charge on any atom is -0.497 e. The van der Waals surface area contributed by atoms with Crippen molar-refractivity contribution >= 4 is 5.91 Å². The zero-order valence-electron chi connectivity index (χ0n) is 12.7. The highest BCUT2D eigenvalue weighted by atomic mass is 16.5. The molecule has 21 heavy (non-hydrogen) atoms. The summed E-state index contributed by atoms with van der Waals surface area (Å²) in [6.07, 6.45) is 1.37. The molecule has 0 aromatic heterocycles. The van der Waals surface area contributed by atoms with E-state index in [2.05, 4.69) is 5.32 Å². The summed E-state index contributed by atoms with van der Waals surface area (Å²) in [5.41, 5.74) is 6.42. The van der Waals surface area contributed by atoms with Crippen molar-refractivity contribution in [2.75, 3.05) is 26.9 Å². The lowest BCUT2D eigenvalue weighted by molar-refractivity contribution is -0.136. The summed E-state index contributed by atoms with van der Waals surface area (Å²) in [5.74, 6) is 0.830.